The van der Waals surface area contributed by atoms with Crippen LogP contribution in [0.25, 0.3) is 0 Å². The van der Waals surface area contributed by atoms with Crippen LogP contribution in [-0.2, 0) is 4.79 Å². The summed E-state index contributed by atoms with van der Waals surface area (Å²) in [6.07, 6.45) is 5.35. The van der Waals surface area contributed by atoms with E-state index in [0.717, 1.165) is 31.7 Å². The molecule has 19 heavy (non-hydrogen) atoms. The van der Waals surface area contributed by atoms with Crippen LogP contribution >= 0.6 is 0 Å². The zero-order chi connectivity index (χ0) is 13.7. The van der Waals surface area contributed by atoms with Crippen molar-refractivity contribution in [2.45, 2.75) is 26.2 Å². The van der Waals surface area contributed by atoms with Gasteiger partial charge in [-0.25, -0.2) is 0 Å². The molecular formula is C13H19N3O3. The Morgan fingerprint density at radius 2 is 2.21 bits per heavy atom. The second-order valence-corrected chi connectivity index (χ2v) is 4.68. The molecule has 0 unspecified atom stereocenters. The molecular weight excluding hydrogens is 246 g/mol. The molecule has 0 atom stereocenters. The van der Waals surface area contributed by atoms with Gasteiger partial charge in [-0.3, -0.25) is 9.78 Å². The highest BCUT2D eigenvalue weighted by Crippen LogP contribution is 2.24. The predicted octanol–water partition coefficient (Wildman–Crippen LogP) is 1.57. The van der Waals surface area contributed by atoms with Crippen molar-refractivity contribution >= 4 is 11.8 Å². The molecule has 6 heteroatoms. The molecule has 1 N–H and O–H groups in total. The van der Waals surface area contributed by atoms with Gasteiger partial charge < -0.3 is 14.7 Å². The minimum atomic E-state index is -0.711. The Labute approximate surface area is 112 Å². The minimum Gasteiger partial charge on any atom is -0.481 e. The van der Waals surface area contributed by atoms with E-state index in [1.807, 2.05) is 6.92 Å². The van der Waals surface area contributed by atoms with Gasteiger partial charge in [-0.05, 0) is 25.7 Å². The highest BCUT2D eigenvalue weighted by Gasteiger charge is 2.22. The largest absolute Gasteiger partial charge is 0.481 e. The lowest BCUT2D eigenvalue weighted by molar-refractivity contribution is -0.138. The number of hydrogen-bond acceptors (Lipinski definition) is 5. The van der Waals surface area contributed by atoms with Crippen molar-refractivity contribution < 1.29 is 14.6 Å². The average Bonchev–Trinajstić information content (AvgIpc) is 2.40. The first kappa shape index (κ1) is 13.6. The first-order chi connectivity index (χ1) is 9.19. The van der Waals surface area contributed by atoms with Crippen LogP contribution in [0, 0.1) is 5.92 Å². The van der Waals surface area contributed by atoms with E-state index in [9.17, 15) is 4.79 Å². The molecule has 0 saturated carbocycles. The smallest absolute Gasteiger partial charge is 0.303 e. The molecule has 1 fully saturated rings. The van der Waals surface area contributed by atoms with Crippen LogP contribution in [0.1, 0.15) is 26.2 Å². The van der Waals surface area contributed by atoms with Crippen molar-refractivity contribution in [1.82, 2.24) is 9.97 Å². The topological polar surface area (TPSA) is 75.5 Å². The summed E-state index contributed by atoms with van der Waals surface area (Å²) >= 11 is 0. The van der Waals surface area contributed by atoms with Gasteiger partial charge in [-0.15, -0.1) is 0 Å². The summed E-state index contributed by atoms with van der Waals surface area (Å²) in [7, 11) is 0. The highest BCUT2D eigenvalue weighted by molar-refractivity contribution is 5.67. The Morgan fingerprint density at radius 1 is 1.47 bits per heavy atom. The van der Waals surface area contributed by atoms with Crippen molar-refractivity contribution in [2.24, 2.45) is 5.92 Å². The summed E-state index contributed by atoms with van der Waals surface area (Å²) in [6, 6.07) is 0. The van der Waals surface area contributed by atoms with Gasteiger partial charge in [0.2, 0.25) is 5.88 Å². The van der Waals surface area contributed by atoms with Gasteiger partial charge in [0, 0.05) is 19.5 Å². The van der Waals surface area contributed by atoms with E-state index in [2.05, 4.69) is 14.9 Å². The Kier molecular flexibility index (Phi) is 4.54. The molecule has 2 rings (SSSR count). The number of anilines is 1. The molecule has 2 heterocycles. The fourth-order valence-electron chi connectivity index (χ4n) is 2.32. The third-order valence-corrected chi connectivity index (χ3v) is 3.29. The SMILES string of the molecule is CCOc1cncc(N2CCC(CC(=O)O)CC2)n1. The Hall–Kier alpha value is -1.85. The molecule has 1 aliphatic rings. The molecule has 0 amide bonds. The van der Waals surface area contributed by atoms with Crippen LogP contribution < -0.4 is 9.64 Å². The Morgan fingerprint density at radius 3 is 2.84 bits per heavy atom. The first-order valence-corrected chi connectivity index (χ1v) is 6.60. The van der Waals surface area contributed by atoms with Gasteiger partial charge in [-0.2, -0.15) is 4.98 Å². The Bertz CT molecular complexity index is 431. The lowest BCUT2D eigenvalue weighted by Crippen LogP contribution is -2.35. The molecule has 0 bridgehead atoms. The second kappa shape index (κ2) is 6.36. The van der Waals surface area contributed by atoms with E-state index in [-0.39, 0.29) is 12.3 Å². The number of carboxylic acids is 1. The number of carbonyl (C=O) groups is 1. The maximum absolute atomic E-state index is 10.7. The van der Waals surface area contributed by atoms with Crippen molar-refractivity contribution in [3.8, 4) is 5.88 Å². The van der Waals surface area contributed by atoms with E-state index in [1.165, 1.54) is 0 Å². The van der Waals surface area contributed by atoms with Gasteiger partial charge in [0.25, 0.3) is 0 Å². The van der Waals surface area contributed by atoms with Crippen LogP contribution in [0.15, 0.2) is 12.4 Å². The fourth-order valence-corrected chi connectivity index (χ4v) is 2.32. The summed E-state index contributed by atoms with van der Waals surface area (Å²) in [4.78, 5) is 21.3. The number of ether oxygens (including phenoxy) is 1. The van der Waals surface area contributed by atoms with Gasteiger partial charge in [0.05, 0.1) is 19.0 Å². The third-order valence-electron chi connectivity index (χ3n) is 3.29. The molecule has 104 valence electrons. The summed E-state index contributed by atoms with van der Waals surface area (Å²) < 4.78 is 5.33. The molecule has 0 radical (unpaired) electrons. The van der Waals surface area contributed by atoms with E-state index in [1.54, 1.807) is 12.4 Å². The molecule has 1 saturated heterocycles. The number of nitrogens with zero attached hydrogens (tertiary/aromatic N) is 3. The summed E-state index contributed by atoms with van der Waals surface area (Å²) in [5.41, 5.74) is 0. The van der Waals surface area contributed by atoms with Crippen LogP contribution in [0.2, 0.25) is 0 Å². The standard InChI is InChI=1S/C13H19N3O3/c1-2-19-12-9-14-8-11(15-12)16-5-3-10(4-6-16)7-13(17)18/h8-10H,2-7H2,1H3,(H,17,18). The minimum absolute atomic E-state index is 0.262. The predicted molar refractivity (Wildman–Crippen MR) is 70.4 cm³/mol. The van der Waals surface area contributed by atoms with Crippen molar-refractivity contribution in [3.63, 3.8) is 0 Å². The van der Waals surface area contributed by atoms with E-state index >= 15 is 0 Å². The molecule has 1 aliphatic heterocycles. The normalized spacial score (nSPS) is 16.4. The number of aliphatic carboxylic acids is 1. The van der Waals surface area contributed by atoms with Crippen molar-refractivity contribution in [3.05, 3.63) is 12.4 Å². The molecule has 1 aromatic heterocycles. The lowest BCUT2D eigenvalue weighted by Gasteiger charge is -2.32. The first-order valence-electron chi connectivity index (χ1n) is 6.60. The molecule has 6 nitrogen and oxygen atoms in total. The van der Waals surface area contributed by atoms with Gasteiger partial charge >= 0.3 is 5.97 Å². The van der Waals surface area contributed by atoms with E-state index in [0.29, 0.717) is 12.5 Å². The number of rotatable bonds is 5. The zero-order valence-electron chi connectivity index (χ0n) is 11.1. The lowest BCUT2D eigenvalue weighted by atomic mass is 9.94. The van der Waals surface area contributed by atoms with Gasteiger partial charge in [-0.1, -0.05) is 0 Å². The fraction of sp³-hybridized carbons (Fsp3) is 0.615. The highest BCUT2D eigenvalue weighted by atomic mass is 16.5. The molecule has 1 aromatic rings. The van der Waals surface area contributed by atoms with E-state index < -0.39 is 5.97 Å². The quantitative estimate of drug-likeness (QED) is 0.871. The summed E-state index contributed by atoms with van der Waals surface area (Å²) in [5.74, 6) is 0.903. The van der Waals surface area contributed by atoms with Crippen molar-refractivity contribution in [2.75, 3.05) is 24.6 Å². The number of hydrogen-bond donors (Lipinski definition) is 1. The van der Waals surface area contributed by atoms with Gasteiger partial charge in [0.15, 0.2) is 5.82 Å². The van der Waals surface area contributed by atoms with Crippen molar-refractivity contribution in [1.29, 1.82) is 0 Å². The van der Waals surface area contributed by atoms with Crippen LogP contribution in [0.3, 0.4) is 0 Å². The molecule has 0 spiro atoms. The summed E-state index contributed by atoms with van der Waals surface area (Å²) in [6.45, 7) is 4.12. The third kappa shape index (κ3) is 3.81. The average molecular weight is 265 g/mol. The number of carboxylic acid groups (broad SMARTS) is 1. The van der Waals surface area contributed by atoms with Crippen LogP contribution in [0.4, 0.5) is 5.82 Å². The molecule has 0 aromatic carbocycles. The maximum atomic E-state index is 10.7. The summed E-state index contributed by atoms with van der Waals surface area (Å²) in [5, 5.41) is 8.79. The zero-order valence-corrected chi connectivity index (χ0v) is 11.1. The second-order valence-electron chi connectivity index (χ2n) is 4.68. The Balaban J connectivity index is 1.93. The maximum Gasteiger partial charge on any atom is 0.303 e. The monoisotopic (exact) mass is 265 g/mol. The molecule has 0 aliphatic carbocycles. The number of aromatic nitrogens is 2. The number of piperidine rings is 1. The van der Waals surface area contributed by atoms with Crippen LogP contribution in [0.5, 0.6) is 5.88 Å². The van der Waals surface area contributed by atoms with Gasteiger partial charge in [0.1, 0.15) is 0 Å². The van der Waals surface area contributed by atoms with Crippen LogP contribution in [-0.4, -0.2) is 40.7 Å². The van der Waals surface area contributed by atoms with E-state index in [4.69, 9.17) is 9.84 Å².